The van der Waals surface area contributed by atoms with Gasteiger partial charge in [0.05, 0.1) is 0 Å². The van der Waals surface area contributed by atoms with Crippen LogP contribution < -0.4 is 10.1 Å². The number of ether oxygens (including phenoxy) is 1. The summed E-state index contributed by atoms with van der Waals surface area (Å²) in [5, 5.41) is 3.35. The van der Waals surface area contributed by atoms with Crippen molar-refractivity contribution < 1.29 is 13.5 Å². The number of hydrogen-bond donors (Lipinski definition) is 2. The number of H-pyrrole nitrogens is 1. The van der Waals surface area contributed by atoms with Crippen LogP contribution in [0.1, 0.15) is 30.8 Å². The van der Waals surface area contributed by atoms with Crippen LogP contribution in [-0.4, -0.2) is 23.1 Å². The second-order valence-electron chi connectivity index (χ2n) is 4.66. The molecule has 1 atom stereocenters. The number of halogens is 2. The lowest BCUT2D eigenvalue weighted by molar-refractivity contribution is -0.0507. The summed E-state index contributed by atoms with van der Waals surface area (Å²) < 4.78 is 29.7. The monoisotopic (exact) mass is 295 g/mol. The third-order valence-electron chi connectivity index (χ3n) is 3.10. The molecule has 1 unspecified atom stereocenters. The second kappa shape index (κ2) is 7.73. The molecule has 0 aliphatic heterocycles. The Morgan fingerprint density at radius 1 is 1.33 bits per heavy atom. The Kier molecular flexibility index (Phi) is 5.68. The number of rotatable bonds is 8. The van der Waals surface area contributed by atoms with Gasteiger partial charge in [-0.05, 0) is 19.0 Å². The Morgan fingerprint density at radius 2 is 2.14 bits per heavy atom. The molecule has 0 aliphatic carbocycles. The first-order valence-corrected chi connectivity index (χ1v) is 6.96. The number of benzene rings is 1. The summed E-state index contributed by atoms with van der Waals surface area (Å²) in [5.74, 6) is 1.00. The maximum atomic E-state index is 12.5. The number of aromatic nitrogens is 2. The largest absolute Gasteiger partial charge is 0.434 e. The Labute approximate surface area is 122 Å². The fourth-order valence-electron chi connectivity index (χ4n) is 2.19. The van der Waals surface area contributed by atoms with Gasteiger partial charge in [-0.1, -0.05) is 25.1 Å². The average Bonchev–Trinajstić information content (AvgIpc) is 2.96. The second-order valence-corrected chi connectivity index (χ2v) is 4.66. The van der Waals surface area contributed by atoms with Gasteiger partial charge in [-0.15, -0.1) is 0 Å². The van der Waals surface area contributed by atoms with E-state index in [0.29, 0.717) is 12.0 Å². The molecule has 1 aromatic carbocycles. The van der Waals surface area contributed by atoms with Crippen LogP contribution in [0.5, 0.6) is 5.75 Å². The smallest absolute Gasteiger partial charge is 0.387 e. The molecule has 2 N–H and O–H groups in total. The van der Waals surface area contributed by atoms with Gasteiger partial charge >= 0.3 is 6.61 Å². The number of alkyl halides is 2. The SMILES string of the molecule is CCCNC(Cc1ncc[nH]1)c1ccccc1OC(F)F. The molecule has 0 aliphatic rings. The predicted molar refractivity (Wildman–Crippen MR) is 76.4 cm³/mol. The molecule has 2 aromatic rings. The van der Waals surface area contributed by atoms with E-state index < -0.39 is 6.61 Å². The average molecular weight is 295 g/mol. The highest BCUT2D eigenvalue weighted by Gasteiger charge is 2.19. The van der Waals surface area contributed by atoms with E-state index in [1.54, 1.807) is 30.6 Å². The third kappa shape index (κ3) is 4.53. The highest BCUT2D eigenvalue weighted by Crippen LogP contribution is 2.28. The molecule has 0 radical (unpaired) electrons. The molecule has 6 heteroatoms. The van der Waals surface area contributed by atoms with Crippen molar-refractivity contribution in [2.24, 2.45) is 0 Å². The van der Waals surface area contributed by atoms with E-state index in [1.807, 2.05) is 6.07 Å². The molecule has 114 valence electrons. The Hall–Kier alpha value is -1.95. The van der Waals surface area contributed by atoms with Crippen molar-refractivity contribution in [2.75, 3.05) is 6.54 Å². The van der Waals surface area contributed by atoms with Gasteiger partial charge in [0.1, 0.15) is 11.6 Å². The molecule has 21 heavy (non-hydrogen) atoms. The molecule has 0 saturated carbocycles. The first-order valence-electron chi connectivity index (χ1n) is 6.96. The fourth-order valence-corrected chi connectivity index (χ4v) is 2.19. The molecular formula is C15H19F2N3O. The van der Waals surface area contributed by atoms with Crippen molar-refractivity contribution in [3.05, 3.63) is 48.0 Å². The minimum absolute atomic E-state index is 0.133. The van der Waals surface area contributed by atoms with Gasteiger partial charge in [0.15, 0.2) is 0 Å². The topological polar surface area (TPSA) is 49.9 Å². The summed E-state index contributed by atoms with van der Waals surface area (Å²) in [6.45, 7) is 0.00832. The van der Waals surface area contributed by atoms with Crippen LogP contribution in [-0.2, 0) is 6.42 Å². The number of para-hydroxylation sites is 1. The summed E-state index contributed by atoms with van der Waals surface area (Å²) in [6, 6.07) is 6.73. The standard InChI is InChI=1S/C15H19F2N3O/c1-2-7-18-12(10-14-19-8-9-20-14)11-5-3-4-6-13(11)21-15(16)17/h3-6,8-9,12,15,18H,2,7,10H2,1H3,(H,19,20). The van der Waals surface area contributed by atoms with Crippen molar-refractivity contribution in [3.8, 4) is 5.75 Å². The lowest BCUT2D eigenvalue weighted by Gasteiger charge is -2.21. The molecular weight excluding hydrogens is 276 g/mol. The van der Waals surface area contributed by atoms with Gasteiger partial charge in [-0.3, -0.25) is 0 Å². The molecule has 0 spiro atoms. The van der Waals surface area contributed by atoms with Crippen molar-refractivity contribution >= 4 is 0 Å². The molecule has 4 nitrogen and oxygen atoms in total. The van der Waals surface area contributed by atoms with E-state index in [-0.39, 0.29) is 11.8 Å². The molecule has 0 saturated heterocycles. The lowest BCUT2D eigenvalue weighted by Crippen LogP contribution is -2.25. The quantitative estimate of drug-likeness (QED) is 0.785. The highest BCUT2D eigenvalue weighted by atomic mass is 19.3. The number of imidazole rings is 1. The lowest BCUT2D eigenvalue weighted by atomic mass is 10.0. The molecule has 0 amide bonds. The van der Waals surface area contributed by atoms with Crippen LogP contribution >= 0.6 is 0 Å². The van der Waals surface area contributed by atoms with Crippen LogP contribution in [0.4, 0.5) is 8.78 Å². The maximum Gasteiger partial charge on any atom is 0.387 e. The van der Waals surface area contributed by atoms with Crippen LogP contribution in [0, 0.1) is 0 Å². The molecule has 1 heterocycles. The minimum atomic E-state index is -2.83. The van der Waals surface area contributed by atoms with Crippen LogP contribution in [0.15, 0.2) is 36.7 Å². The third-order valence-corrected chi connectivity index (χ3v) is 3.10. The number of hydrogen-bond acceptors (Lipinski definition) is 3. The van der Waals surface area contributed by atoms with E-state index in [0.717, 1.165) is 18.8 Å². The van der Waals surface area contributed by atoms with Crippen molar-refractivity contribution in [1.82, 2.24) is 15.3 Å². The fraction of sp³-hybridized carbons (Fsp3) is 0.400. The van der Waals surface area contributed by atoms with Crippen molar-refractivity contribution in [2.45, 2.75) is 32.4 Å². The molecule has 1 aromatic heterocycles. The van der Waals surface area contributed by atoms with Gasteiger partial charge in [-0.2, -0.15) is 8.78 Å². The normalized spacial score (nSPS) is 12.6. The van der Waals surface area contributed by atoms with Crippen LogP contribution in [0.25, 0.3) is 0 Å². The zero-order valence-corrected chi connectivity index (χ0v) is 11.9. The number of aromatic amines is 1. The summed E-state index contributed by atoms with van der Waals surface area (Å²) in [7, 11) is 0. The van der Waals surface area contributed by atoms with Gasteiger partial charge in [0.25, 0.3) is 0 Å². The molecule has 0 fully saturated rings. The number of nitrogens with one attached hydrogen (secondary N) is 2. The zero-order chi connectivity index (χ0) is 15.1. The van der Waals surface area contributed by atoms with E-state index in [9.17, 15) is 8.78 Å². The van der Waals surface area contributed by atoms with Crippen LogP contribution in [0.2, 0.25) is 0 Å². The molecule has 2 rings (SSSR count). The Balaban J connectivity index is 2.22. The first kappa shape index (κ1) is 15.4. The van der Waals surface area contributed by atoms with E-state index in [1.165, 1.54) is 0 Å². The summed E-state index contributed by atoms with van der Waals surface area (Å²) >= 11 is 0. The maximum absolute atomic E-state index is 12.5. The minimum Gasteiger partial charge on any atom is -0.434 e. The highest BCUT2D eigenvalue weighted by molar-refractivity contribution is 5.36. The first-order chi connectivity index (χ1) is 10.2. The van der Waals surface area contributed by atoms with Crippen LogP contribution in [0.3, 0.4) is 0 Å². The zero-order valence-electron chi connectivity index (χ0n) is 11.9. The van der Waals surface area contributed by atoms with Gasteiger partial charge < -0.3 is 15.0 Å². The van der Waals surface area contributed by atoms with Gasteiger partial charge in [0.2, 0.25) is 0 Å². The van der Waals surface area contributed by atoms with E-state index >= 15 is 0 Å². The van der Waals surface area contributed by atoms with Gasteiger partial charge in [-0.25, -0.2) is 4.98 Å². The number of nitrogens with zero attached hydrogens (tertiary/aromatic N) is 1. The summed E-state index contributed by atoms with van der Waals surface area (Å²) in [6.07, 6.45) is 4.95. The van der Waals surface area contributed by atoms with Crippen molar-refractivity contribution in [1.29, 1.82) is 0 Å². The summed E-state index contributed by atoms with van der Waals surface area (Å²) in [4.78, 5) is 7.23. The Bertz CT molecular complexity index is 531. The molecule has 0 bridgehead atoms. The predicted octanol–water partition coefficient (Wildman–Crippen LogP) is 3.29. The Morgan fingerprint density at radius 3 is 2.81 bits per heavy atom. The van der Waals surface area contributed by atoms with E-state index in [4.69, 9.17) is 0 Å². The summed E-state index contributed by atoms with van der Waals surface area (Å²) in [5.41, 5.74) is 0.711. The van der Waals surface area contributed by atoms with Gasteiger partial charge in [0, 0.05) is 30.4 Å². The van der Waals surface area contributed by atoms with E-state index in [2.05, 4.69) is 26.9 Å². The van der Waals surface area contributed by atoms with Crippen molar-refractivity contribution in [3.63, 3.8) is 0 Å².